The maximum atomic E-state index is 10.2. The summed E-state index contributed by atoms with van der Waals surface area (Å²) in [6.07, 6.45) is 16.9. The van der Waals surface area contributed by atoms with E-state index in [0.29, 0.717) is 41.9 Å². The summed E-state index contributed by atoms with van der Waals surface area (Å²) >= 11 is 0. The third kappa shape index (κ3) is 4.40. The SMILES string of the molecule is C=C1C(=CC=C2CCC[C@]3(C)[C@@H]([C@H](C)C=C[C@@H](O)C4CC4)CC[C@@H]23)C[C@@H](O)CC1O. The molecule has 4 rings (SSSR count). The van der Waals surface area contributed by atoms with Gasteiger partial charge in [0.25, 0.3) is 0 Å². The van der Waals surface area contributed by atoms with Crippen LogP contribution in [0.5, 0.6) is 0 Å². The van der Waals surface area contributed by atoms with Crippen molar-refractivity contribution in [3.05, 3.63) is 47.6 Å². The zero-order valence-electron chi connectivity index (χ0n) is 18.8. The van der Waals surface area contributed by atoms with Crippen LogP contribution in [0.3, 0.4) is 0 Å². The summed E-state index contributed by atoms with van der Waals surface area (Å²) in [5.74, 6) is 2.28. The molecule has 0 heterocycles. The Hall–Kier alpha value is -1.16. The Morgan fingerprint density at radius 1 is 1.10 bits per heavy atom. The summed E-state index contributed by atoms with van der Waals surface area (Å²) in [4.78, 5) is 0. The molecule has 0 amide bonds. The van der Waals surface area contributed by atoms with Crippen LogP contribution in [-0.2, 0) is 0 Å². The van der Waals surface area contributed by atoms with Gasteiger partial charge in [0.2, 0.25) is 0 Å². The fourth-order valence-corrected chi connectivity index (χ4v) is 6.63. The molecule has 0 radical (unpaired) electrons. The van der Waals surface area contributed by atoms with E-state index in [2.05, 4.69) is 44.7 Å². The van der Waals surface area contributed by atoms with Gasteiger partial charge in [-0.05, 0) is 91.6 Å². The van der Waals surface area contributed by atoms with E-state index in [1.165, 1.54) is 44.1 Å². The van der Waals surface area contributed by atoms with Crippen LogP contribution in [0.4, 0.5) is 0 Å². The van der Waals surface area contributed by atoms with Gasteiger partial charge in [0.15, 0.2) is 0 Å². The van der Waals surface area contributed by atoms with Gasteiger partial charge in [-0.3, -0.25) is 0 Å². The molecule has 1 unspecified atom stereocenters. The second-order valence-electron chi connectivity index (χ2n) is 10.7. The molecule has 3 heteroatoms. The molecule has 3 N–H and O–H groups in total. The van der Waals surface area contributed by atoms with Gasteiger partial charge in [0.05, 0.1) is 18.3 Å². The maximum Gasteiger partial charge on any atom is 0.0811 e. The Bertz CT molecular complexity index is 743. The lowest BCUT2D eigenvalue weighted by molar-refractivity contribution is 0.0862. The highest BCUT2D eigenvalue weighted by Gasteiger charge is 2.50. The fraction of sp³-hybridized carbons (Fsp3) is 0.704. The van der Waals surface area contributed by atoms with E-state index < -0.39 is 12.2 Å². The highest BCUT2D eigenvalue weighted by molar-refractivity contribution is 5.38. The van der Waals surface area contributed by atoms with Crippen molar-refractivity contribution in [1.29, 1.82) is 0 Å². The van der Waals surface area contributed by atoms with Crippen LogP contribution in [0.15, 0.2) is 47.6 Å². The Kier molecular flexibility index (Phi) is 6.44. The van der Waals surface area contributed by atoms with Crippen LogP contribution in [0.25, 0.3) is 0 Å². The molecule has 0 saturated heterocycles. The van der Waals surface area contributed by atoms with E-state index in [4.69, 9.17) is 0 Å². The third-order valence-corrected chi connectivity index (χ3v) is 8.65. The fourth-order valence-electron chi connectivity index (χ4n) is 6.63. The van der Waals surface area contributed by atoms with E-state index in [1.807, 2.05) is 0 Å². The quantitative estimate of drug-likeness (QED) is 0.551. The summed E-state index contributed by atoms with van der Waals surface area (Å²) in [6, 6.07) is 0. The van der Waals surface area contributed by atoms with Gasteiger partial charge < -0.3 is 15.3 Å². The van der Waals surface area contributed by atoms with Gasteiger partial charge in [0.1, 0.15) is 0 Å². The van der Waals surface area contributed by atoms with Crippen molar-refractivity contribution >= 4 is 0 Å². The van der Waals surface area contributed by atoms with Crippen molar-refractivity contribution in [2.24, 2.45) is 29.1 Å². The Morgan fingerprint density at radius 2 is 1.87 bits per heavy atom. The van der Waals surface area contributed by atoms with Gasteiger partial charge in [-0.25, -0.2) is 0 Å². The van der Waals surface area contributed by atoms with Crippen molar-refractivity contribution in [1.82, 2.24) is 0 Å². The average molecular weight is 413 g/mol. The lowest BCUT2D eigenvalue weighted by Gasteiger charge is -2.44. The van der Waals surface area contributed by atoms with Crippen LogP contribution in [0.2, 0.25) is 0 Å². The lowest BCUT2D eigenvalue weighted by Crippen LogP contribution is -2.35. The molecule has 30 heavy (non-hydrogen) atoms. The van der Waals surface area contributed by atoms with Crippen LogP contribution in [0.1, 0.15) is 71.6 Å². The standard InChI is InChI=1S/C27H40O3/c1-17(6-13-25(29)20-8-9-20)23-11-12-24-19(5-4-14-27(23,24)3)7-10-21-15-22(28)16-26(30)18(21)2/h6-7,10,13,17,20,22-26,28-30H,2,4-5,8-9,11-12,14-16H2,1,3H3/t17-,22-,23-,24+,25-,26?,27-/m1/s1. The van der Waals surface area contributed by atoms with Gasteiger partial charge in [-0.2, -0.15) is 0 Å². The Morgan fingerprint density at radius 3 is 2.60 bits per heavy atom. The van der Waals surface area contributed by atoms with Crippen LogP contribution in [0, 0.1) is 29.1 Å². The lowest BCUT2D eigenvalue weighted by atomic mass is 9.61. The van der Waals surface area contributed by atoms with Gasteiger partial charge in [-0.15, -0.1) is 0 Å². The van der Waals surface area contributed by atoms with Crippen molar-refractivity contribution in [2.45, 2.75) is 89.9 Å². The van der Waals surface area contributed by atoms with Crippen LogP contribution in [-0.4, -0.2) is 33.6 Å². The predicted molar refractivity (Wildman–Crippen MR) is 122 cm³/mol. The van der Waals surface area contributed by atoms with Crippen molar-refractivity contribution in [3.63, 3.8) is 0 Å². The summed E-state index contributed by atoms with van der Waals surface area (Å²) in [5.41, 5.74) is 3.63. The number of hydrogen-bond acceptors (Lipinski definition) is 3. The molecule has 3 nitrogen and oxygen atoms in total. The first-order valence-electron chi connectivity index (χ1n) is 12.1. The zero-order chi connectivity index (χ0) is 21.5. The normalized spacial score (nSPS) is 42.1. The molecule has 0 spiro atoms. The molecule has 4 fully saturated rings. The van der Waals surface area contributed by atoms with E-state index in [1.54, 1.807) is 0 Å². The molecular formula is C27H40O3. The first kappa shape index (κ1) is 22.0. The second kappa shape index (κ2) is 8.76. The van der Waals surface area contributed by atoms with E-state index in [0.717, 1.165) is 17.6 Å². The number of aliphatic hydroxyl groups excluding tert-OH is 3. The number of fused-ring (bicyclic) bond motifs is 1. The first-order chi connectivity index (χ1) is 14.3. The minimum atomic E-state index is -0.621. The topological polar surface area (TPSA) is 60.7 Å². The highest BCUT2D eigenvalue weighted by Crippen LogP contribution is 2.59. The van der Waals surface area contributed by atoms with Crippen molar-refractivity contribution in [2.75, 3.05) is 0 Å². The Labute approximate surface area is 182 Å². The summed E-state index contributed by atoms with van der Waals surface area (Å²) in [6.45, 7) is 8.88. The molecule has 0 aromatic carbocycles. The molecule has 4 aliphatic carbocycles. The molecule has 0 bridgehead atoms. The first-order valence-corrected chi connectivity index (χ1v) is 12.1. The molecule has 166 valence electrons. The molecule has 0 aromatic rings. The average Bonchev–Trinajstić information content (AvgIpc) is 3.49. The van der Waals surface area contributed by atoms with Gasteiger partial charge in [0, 0.05) is 6.42 Å². The predicted octanol–water partition coefficient (Wildman–Crippen LogP) is 5.09. The number of aliphatic hydroxyl groups is 3. The zero-order valence-corrected chi connectivity index (χ0v) is 18.8. The summed E-state index contributed by atoms with van der Waals surface area (Å²) in [5, 5.41) is 30.4. The van der Waals surface area contributed by atoms with Crippen molar-refractivity contribution < 1.29 is 15.3 Å². The number of allylic oxidation sites excluding steroid dienone is 4. The smallest absolute Gasteiger partial charge is 0.0811 e. The maximum absolute atomic E-state index is 10.2. The third-order valence-electron chi connectivity index (χ3n) is 8.65. The molecule has 7 atom stereocenters. The van der Waals surface area contributed by atoms with E-state index >= 15 is 0 Å². The number of hydrogen-bond donors (Lipinski definition) is 3. The molecule has 4 saturated carbocycles. The Balaban J connectivity index is 1.48. The van der Waals surface area contributed by atoms with Crippen LogP contribution >= 0.6 is 0 Å². The van der Waals surface area contributed by atoms with Gasteiger partial charge >= 0.3 is 0 Å². The molecule has 0 aromatic heterocycles. The van der Waals surface area contributed by atoms with Crippen LogP contribution < -0.4 is 0 Å². The minimum Gasteiger partial charge on any atom is -0.393 e. The highest BCUT2D eigenvalue weighted by atomic mass is 16.3. The van der Waals surface area contributed by atoms with E-state index in [9.17, 15) is 15.3 Å². The minimum absolute atomic E-state index is 0.250. The molecule has 0 aliphatic heterocycles. The van der Waals surface area contributed by atoms with Gasteiger partial charge in [-0.1, -0.05) is 50.3 Å². The van der Waals surface area contributed by atoms with E-state index in [-0.39, 0.29) is 6.10 Å². The number of rotatable bonds is 5. The molecular weight excluding hydrogens is 372 g/mol. The molecule has 4 aliphatic rings. The summed E-state index contributed by atoms with van der Waals surface area (Å²) < 4.78 is 0. The largest absolute Gasteiger partial charge is 0.393 e. The monoisotopic (exact) mass is 412 g/mol. The summed E-state index contributed by atoms with van der Waals surface area (Å²) in [7, 11) is 0. The second-order valence-corrected chi connectivity index (χ2v) is 10.7. The van der Waals surface area contributed by atoms with Crippen molar-refractivity contribution in [3.8, 4) is 0 Å².